The third kappa shape index (κ3) is 6.98. The zero-order valence-electron chi connectivity index (χ0n) is 26.7. The lowest BCUT2D eigenvalue weighted by atomic mass is 9.81. The first-order valence-corrected chi connectivity index (χ1v) is 16.1. The number of amides is 3. The van der Waals surface area contributed by atoms with Crippen molar-refractivity contribution >= 4 is 28.5 Å². The van der Waals surface area contributed by atoms with Crippen molar-refractivity contribution in [3.8, 4) is 0 Å². The molecule has 1 aliphatic rings. The summed E-state index contributed by atoms with van der Waals surface area (Å²) in [6, 6.07) is 19.5. The fourth-order valence-electron chi connectivity index (χ4n) is 6.69. The van der Waals surface area contributed by atoms with Crippen LogP contribution in [0.25, 0.3) is 10.9 Å². The van der Waals surface area contributed by atoms with Gasteiger partial charge in [-0.1, -0.05) is 89.4 Å². The highest BCUT2D eigenvalue weighted by atomic mass is 16.2. The maximum Gasteiger partial charge on any atom is 0.320 e. The lowest BCUT2D eigenvalue weighted by Gasteiger charge is -2.35. The number of anilines is 1. The number of H-pyrrole nitrogens is 1. The average molecular weight is 594 g/mol. The van der Waals surface area contributed by atoms with Crippen LogP contribution in [0.15, 0.2) is 73.1 Å². The normalized spacial score (nSPS) is 16.1. The fraction of sp³-hybridized carbons (Fsp3) is 0.432. The Kier molecular flexibility index (Phi) is 9.72. The number of carbonyl (C=O) groups is 2. The van der Waals surface area contributed by atoms with Crippen LogP contribution >= 0.6 is 0 Å². The van der Waals surface area contributed by atoms with Crippen LogP contribution in [-0.2, 0) is 11.2 Å². The molecule has 0 radical (unpaired) electrons. The van der Waals surface area contributed by atoms with Gasteiger partial charge in [-0.3, -0.25) is 9.78 Å². The molecule has 2 heterocycles. The van der Waals surface area contributed by atoms with Crippen molar-refractivity contribution in [3.05, 3.63) is 95.4 Å². The molecule has 1 saturated carbocycles. The Morgan fingerprint density at radius 1 is 0.909 bits per heavy atom. The third-order valence-corrected chi connectivity index (χ3v) is 9.14. The maximum atomic E-state index is 14.5. The van der Waals surface area contributed by atoms with Crippen molar-refractivity contribution in [2.24, 2.45) is 5.92 Å². The molecule has 4 N–H and O–H groups in total. The van der Waals surface area contributed by atoms with Gasteiger partial charge in [0.2, 0.25) is 5.91 Å². The number of fused-ring (bicyclic) bond motifs is 1. The summed E-state index contributed by atoms with van der Waals surface area (Å²) >= 11 is 0. The Morgan fingerprint density at radius 2 is 1.59 bits per heavy atom. The van der Waals surface area contributed by atoms with Gasteiger partial charge in [0, 0.05) is 35.4 Å². The summed E-state index contributed by atoms with van der Waals surface area (Å²) in [6.45, 7) is 10.3. The first-order chi connectivity index (χ1) is 21.2. The maximum absolute atomic E-state index is 14.5. The van der Waals surface area contributed by atoms with Gasteiger partial charge in [-0.2, -0.15) is 0 Å². The van der Waals surface area contributed by atoms with Gasteiger partial charge >= 0.3 is 6.03 Å². The molecule has 5 rings (SSSR count). The monoisotopic (exact) mass is 593 g/mol. The minimum atomic E-state index is -1.25. The number of hydrogen-bond donors (Lipinski definition) is 4. The number of benzene rings is 2. The van der Waals surface area contributed by atoms with Gasteiger partial charge in [0.05, 0.1) is 11.7 Å². The molecule has 0 spiro atoms. The molecule has 0 bridgehead atoms. The Hall–Kier alpha value is -4.13. The lowest BCUT2D eigenvalue weighted by Crippen LogP contribution is -2.60. The number of carbonyl (C=O) groups excluding carboxylic acids is 2. The van der Waals surface area contributed by atoms with Crippen molar-refractivity contribution in [2.75, 3.05) is 5.32 Å². The molecule has 3 amide bonds. The number of aromatic nitrogens is 2. The average Bonchev–Trinajstić information content (AvgIpc) is 3.42. The number of aromatic amines is 1. The highest BCUT2D eigenvalue weighted by molar-refractivity contribution is 5.97. The largest absolute Gasteiger partial charge is 0.361 e. The predicted octanol–water partition coefficient (Wildman–Crippen LogP) is 8.37. The second-order valence-corrected chi connectivity index (χ2v) is 13.2. The Bertz CT molecular complexity index is 1550. The van der Waals surface area contributed by atoms with E-state index in [4.69, 9.17) is 0 Å². The molecule has 44 heavy (non-hydrogen) atoms. The summed E-state index contributed by atoms with van der Waals surface area (Å²) in [4.78, 5) is 36.4. The fourth-order valence-corrected chi connectivity index (χ4v) is 6.69. The van der Waals surface area contributed by atoms with E-state index in [-0.39, 0.29) is 23.8 Å². The molecule has 2 aromatic carbocycles. The molecule has 0 saturated heterocycles. The van der Waals surface area contributed by atoms with Crippen molar-refractivity contribution in [1.29, 1.82) is 0 Å². The van der Waals surface area contributed by atoms with Crippen molar-refractivity contribution in [1.82, 2.24) is 20.6 Å². The van der Waals surface area contributed by atoms with E-state index in [1.165, 1.54) is 6.42 Å². The van der Waals surface area contributed by atoms with Gasteiger partial charge in [-0.15, -0.1) is 0 Å². The number of hydrogen-bond acceptors (Lipinski definition) is 3. The Morgan fingerprint density at radius 3 is 2.25 bits per heavy atom. The molecule has 7 heteroatoms. The van der Waals surface area contributed by atoms with Gasteiger partial charge in [0.15, 0.2) is 0 Å². The van der Waals surface area contributed by atoms with Crippen LogP contribution in [0.5, 0.6) is 0 Å². The number of urea groups is 1. The third-order valence-electron chi connectivity index (χ3n) is 9.14. The SMILES string of the molecule is CC(C)c1cccc(C(C)C)c1NC(=O)NC(C)(Cc1c[nH]c2ccccc12)C(=O)NC(c1ccccn1)C1CCCCC1. The topological polar surface area (TPSA) is 98.9 Å². The minimum Gasteiger partial charge on any atom is -0.361 e. The van der Waals surface area contributed by atoms with E-state index in [1.807, 2.05) is 61.7 Å². The number of pyridine rings is 1. The second kappa shape index (κ2) is 13.7. The molecule has 1 aliphatic carbocycles. The van der Waals surface area contributed by atoms with Crippen molar-refractivity contribution < 1.29 is 9.59 Å². The summed E-state index contributed by atoms with van der Waals surface area (Å²) in [5.41, 5.74) is 4.54. The second-order valence-electron chi connectivity index (χ2n) is 13.2. The van der Waals surface area contributed by atoms with Crippen LogP contribution in [0.4, 0.5) is 10.5 Å². The Labute approximate surface area is 261 Å². The highest BCUT2D eigenvalue weighted by Crippen LogP contribution is 2.35. The molecule has 2 atom stereocenters. The summed E-state index contributed by atoms with van der Waals surface area (Å²) in [6.07, 6.45) is 9.63. The van der Waals surface area contributed by atoms with E-state index in [2.05, 4.69) is 65.7 Å². The van der Waals surface area contributed by atoms with Crippen LogP contribution in [0.2, 0.25) is 0 Å². The highest BCUT2D eigenvalue weighted by Gasteiger charge is 2.39. The Balaban J connectivity index is 1.48. The standard InChI is InChI=1S/C37H47N5O2/c1-24(2)28-17-13-18-29(25(3)4)34(28)41-36(44)42-37(5,22-27-23-39-31-19-10-9-16-30(27)31)35(43)40-33(26-14-7-6-8-15-26)32-20-11-12-21-38-32/h9-13,16-21,23-26,33,39H,6-8,14-15,22H2,1-5H3,(H,40,43)(H2,41,42,44). The molecule has 1 fully saturated rings. The molecule has 2 aromatic heterocycles. The molecule has 7 nitrogen and oxygen atoms in total. The van der Waals surface area contributed by atoms with Gasteiger partial charge in [-0.25, -0.2) is 4.79 Å². The molecular formula is C37H47N5O2. The molecule has 4 aromatic rings. The number of nitrogens with zero attached hydrogens (tertiary/aromatic N) is 1. The van der Waals surface area contributed by atoms with Crippen LogP contribution in [-0.4, -0.2) is 27.4 Å². The van der Waals surface area contributed by atoms with E-state index in [0.29, 0.717) is 12.3 Å². The van der Waals surface area contributed by atoms with Crippen LogP contribution in [0.3, 0.4) is 0 Å². The van der Waals surface area contributed by atoms with Crippen LogP contribution < -0.4 is 16.0 Å². The van der Waals surface area contributed by atoms with Gasteiger partial charge < -0.3 is 20.9 Å². The van der Waals surface area contributed by atoms with E-state index in [9.17, 15) is 9.59 Å². The molecule has 232 valence electrons. The zero-order chi connectivity index (χ0) is 31.3. The van der Waals surface area contributed by atoms with E-state index < -0.39 is 11.6 Å². The van der Waals surface area contributed by atoms with Gasteiger partial charge in [-0.05, 0) is 72.4 Å². The minimum absolute atomic E-state index is 0.222. The summed E-state index contributed by atoms with van der Waals surface area (Å²) in [5, 5.41) is 10.7. The van der Waals surface area contributed by atoms with E-state index >= 15 is 0 Å². The zero-order valence-corrected chi connectivity index (χ0v) is 26.7. The van der Waals surface area contributed by atoms with Crippen molar-refractivity contribution in [2.45, 2.75) is 96.6 Å². The van der Waals surface area contributed by atoms with E-state index in [1.54, 1.807) is 6.20 Å². The molecule has 0 aliphatic heterocycles. The first kappa shape index (κ1) is 31.3. The van der Waals surface area contributed by atoms with Crippen LogP contribution in [0, 0.1) is 5.92 Å². The number of nitrogens with one attached hydrogen (secondary N) is 4. The van der Waals surface area contributed by atoms with Gasteiger partial charge in [0.1, 0.15) is 5.54 Å². The number of rotatable bonds is 10. The predicted molar refractivity (Wildman–Crippen MR) is 179 cm³/mol. The van der Waals surface area contributed by atoms with E-state index in [0.717, 1.165) is 64.7 Å². The quantitative estimate of drug-likeness (QED) is 0.149. The van der Waals surface area contributed by atoms with Crippen LogP contribution in [0.1, 0.15) is 107 Å². The molecular weight excluding hydrogens is 546 g/mol. The lowest BCUT2D eigenvalue weighted by molar-refractivity contribution is -0.128. The van der Waals surface area contributed by atoms with Crippen molar-refractivity contribution in [3.63, 3.8) is 0 Å². The summed E-state index contributed by atoms with van der Waals surface area (Å²) in [5.74, 6) is 0.514. The molecule has 2 unspecified atom stereocenters. The number of para-hydroxylation sites is 2. The summed E-state index contributed by atoms with van der Waals surface area (Å²) < 4.78 is 0. The summed E-state index contributed by atoms with van der Waals surface area (Å²) in [7, 11) is 0. The van der Waals surface area contributed by atoms with Gasteiger partial charge in [0.25, 0.3) is 0 Å². The smallest absolute Gasteiger partial charge is 0.320 e. The first-order valence-electron chi connectivity index (χ1n) is 16.1.